The smallest absolute Gasteiger partial charge is 0.237 e. The number of thiophene rings is 1. The summed E-state index contributed by atoms with van der Waals surface area (Å²) >= 11 is 7.48. The minimum Gasteiger partial charge on any atom is -0.454 e. The van der Waals surface area contributed by atoms with Crippen molar-refractivity contribution < 1.29 is 14.3 Å². The van der Waals surface area contributed by atoms with Crippen LogP contribution in [0.15, 0.2) is 30.3 Å². The lowest BCUT2D eigenvalue weighted by Crippen LogP contribution is -2.42. The van der Waals surface area contributed by atoms with E-state index in [-0.39, 0.29) is 18.7 Å². The van der Waals surface area contributed by atoms with Crippen molar-refractivity contribution in [3.8, 4) is 11.5 Å². The lowest BCUT2D eigenvalue weighted by atomic mass is 10.2. The van der Waals surface area contributed by atoms with Gasteiger partial charge in [-0.1, -0.05) is 17.7 Å². The van der Waals surface area contributed by atoms with Gasteiger partial charge in [0.05, 0.1) is 10.4 Å². The molecule has 0 saturated carbocycles. The molecule has 24 heavy (non-hydrogen) atoms. The van der Waals surface area contributed by atoms with E-state index < -0.39 is 0 Å². The molecule has 128 valence electrons. The van der Waals surface area contributed by atoms with Crippen molar-refractivity contribution >= 4 is 28.8 Å². The van der Waals surface area contributed by atoms with Crippen molar-refractivity contribution in [2.45, 2.75) is 26.1 Å². The Morgan fingerprint density at radius 3 is 2.88 bits per heavy atom. The maximum Gasteiger partial charge on any atom is 0.237 e. The third-order valence-corrected chi connectivity index (χ3v) is 5.19. The molecule has 7 heteroatoms. The van der Waals surface area contributed by atoms with Crippen LogP contribution in [0.1, 0.15) is 17.4 Å². The largest absolute Gasteiger partial charge is 0.454 e. The van der Waals surface area contributed by atoms with Crippen molar-refractivity contribution in [3.05, 3.63) is 45.1 Å². The summed E-state index contributed by atoms with van der Waals surface area (Å²) in [5.74, 6) is 1.45. The van der Waals surface area contributed by atoms with Crippen LogP contribution in [0, 0.1) is 0 Å². The number of benzene rings is 1. The zero-order valence-electron chi connectivity index (χ0n) is 13.5. The van der Waals surface area contributed by atoms with Gasteiger partial charge in [-0.3, -0.25) is 9.69 Å². The number of nitrogens with one attached hydrogen (secondary N) is 1. The molecule has 1 aromatic heterocycles. The maximum atomic E-state index is 12.4. The quantitative estimate of drug-likeness (QED) is 0.852. The first kappa shape index (κ1) is 17.1. The van der Waals surface area contributed by atoms with Gasteiger partial charge in [-0.05, 0) is 43.8 Å². The number of likely N-dealkylation sites (N-methyl/N-ethyl adjacent to an activating group) is 1. The first-order valence-electron chi connectivity index (χ1n) is 7.63. The molecular weight excluding hydrogens is 348 g/mol. The van der Waals surface area contributed by atoms with Gasteiger partial charge in [0.25, 0.3) is 0 Å². The van der Waals surface area contributed by atoms with Gasteiger partial charge in [0.1, 0.15) is 0 Å². The van der Waals surface area contributed by atoms with Gasteiger partial charge < -0.3 is 14.8 Å². The Bertz CT molecular complexity index is 734. The number of nitrogens with zero attached hydrogens (tertiary/aromatic N) is 1. The normalized spacial score (nSPS) is 14.0. The molecule has 1 atom stereocenters. The summed E-state index contributed by atoms with van der Waals surface area (Å²) in [5.41, 5.74) is 0.979. The summed E-state index contributed by atoms with van der Waals surface area (Å²) < 4.78 is 11.4. The summed E-state index contributed by atoms with van der Waals surface area (Å²) in [6.45, 7) is 3.29. The fourth-order valence-corrected chi connectivity index (χ4v) is 3.56. The Balaban J connectivity index is 1.52. The molecule has 1 unspecified atom stereocenters. The highest BCUT2D eigenvalue weighted by molar-refractivity contribution is 7.16. The van der Waals surface area contributed by atoms with Gasteiger partial charge in [0.15, 0.2) is 11.5 Å². The van der Waals surface area contributed by atoms with E-state index >= 15 is 0 Å². The number of hydrogen-bond acceptors (Lipinski definition) is 5. The van der Waals surface area contributed by atoms with Crippen LogP contribution in [-0.2, 0) is 17.9 Å². The van der Waals surface area contributed by atoms with Crippen LogP contribution < -0.4 is 14.8 Å². The lowest BCUT2D eigenvalue weighted by Gasteiger charge is -2.23. The minimum absolute atomic E-state index is 0.0159. The summed E-state index contributed by atoms with van der Waals surface area (Å²) in [7, 11) is 1.93. The first-order chi connectivity index (χ1) is 11.5. The summed E-state index contributed by atoms with van der Waals surface area (Å²) in [6, 6.07) is 9.31. The number of amides is 1. The Morgan fingerprint density at radius 2 is 2.12 bits per heavy atom. The number of hydrogen-bond donors (Lipinski definition) is 1. The highest BCUT2D eigenvalue weighted by atomic mass is 35.5. The van der Waals surface area contributed by atoms with Crippen LogP contribution in [0.3, 0.4) is 0 Å². The van der Waals surface area contributed by atoms with E-state index in [1.165, 1.54) is 11.3 Å². The standard InChI is InChI=1S/C17H19ClN2O3S/c1-11(20(2)9-13-4-6-16(18)24-13)17(21)19-8-12-3-5-14-15(7-12)23-10-22-14/h3-7,11H,8-10H2,1-2H3,(H,19,21). The van der Waals surface area contributed by atoms with Gasteiger partial charge in [-0.25, -0.2) is 0 Å². The van der Waals surface area contributed by atoms with Crippen molar-refractivity contribution in [3.63, 3.8) is 0 Å². The molecule has 0 fully saturated rings. The molecule has 1 aromatic carbocycles. The molecule has 3 rings (SSSR count). The molecule has 1 N–H and O–H groups in total. The third kappa shape index (κ3) is 4.01. The SMILES string of the molecule is CC(C(=O)NCc1ccc2c(c1)OCO2)N(C)Cc1ccc(Cl)s1. The van der Waals surface area contributed by atoms with E-state index in [2.05, 4.69) is 5.32 Å². The zero-order chi connectivity index (χ0) is 17.1. The molecular formula is C17H19ClN2O3S. The monoisotopic (exact) mass is 366 g/mol. The zero-order valence-corrected chi connectivity index (χ0v) is 15.1. The summed E-state index contributed by atoms with van der Waals surface area (Å²) in [5, 5.41) is 2.96. The Hall–Kier alpha value is -1.76. The molecule has 5 nitrogen and oxygen atoms in total. The first-order valence-corrected chi connectivity index (χ1v) is 8.83. The average molecular weight is 367 g/mol. The van der Waals surface area contributed by atoms with E-state index in [4.69, 9.17) is 21.1 Å². The molecule has 1 aliphatic heterocycles. The molecule has 0 aliphatic carbocycles. The van der Waals surface area contributed by atoms with Crippen molar-refractivity contribution in [1.82, 2.24) is 10.2 Å². The Morgan fingerprint density at radius 1 is 1.33 bits per heavy atom. The number of halogens is 1. The van der Waals surface area contributed by atoms with Gasteiger partial charge in [-0.15, -0.1) is 11.3 Å². The van der Waals surface area contributed by atoms with Crippen molar-refractivity contribution in [2.24, 2.45) is 0 Å². The van der Waals surface area contributed by atoms with Crippen LogP contribution in [0.5, 0.6) is 11.5 Å². The van der Waals surface area contributed by atoms with Gasteiger partial charge in [0.2, 0.25) is 12.7 Å². The lowest BCUT2D eigenvalue weighted by molar-refractivity contribution is -0.125. The van der Waals surface area contributed by atoms with Gasteiger partial charge in [-0.2, -0.15) is 0 Å². The summed E-state index contributed by atoms with van der Waals surface area (Å²) in [6.07, 6.45) is 0. The molecule has 2 heterocycles. The van der Waals surface area contributed by atoms with Crippen LogP contribution >= 0.6 is 22.9 Å². The maximum absolute atomic E-state index is 12.4. The van der Waals surface area contributed by atoms with Crippen LogP contribution in [0.25, 0.3) is 0 Å². The highest BCUT2D eigenvalue weighted by Crippen LogP contribution is 2.32. The topological polar surface area (TPSA) is 50.8 Å². The van der Waals surface area contributed by atoms with E-state index in [1.54, 1.807) is 0 Å². The molecule has 0 bridgehead atoms. The fourth-order valence-electron chi connectivity index (χ4n) is 2.41. The van der Waals surface area contributed by atoms with E-state index in [0.29, 0.717) is 13.1 Å². The van der Waals surface area contributed by atoms with Crippen LogP contribution in [0.2, 0.25) is 4.34 Å². The molecule has 0 saturated heterocycles. The van der Waals surface area contributed by atoms with E-state index in [9.17, 15) is 4.79 Å². The van der Waals surface area contributed by atoms with Crippen molar-refractivity contribution in [2.75, 3.05) is 13.8 Å². The molecule has 0 spiro atoms. The number of rotatable bonds is 6. The number of carbonyl (C=O) groups is 1. The Kier molecular flexibility index (Phi) is 5.28. The highest BCUT2D eigenvalue weighted by Gasteiger charge is 2.19. The van der Waals surface area contributed by atoms with E-state index in [0.717, 1.165) is 26.3 Å². The molecule has 0 radical (unpaired) electrons. The third-order valence-electron chi connectivity index (χ3n) is 3.98. The van der Waals surface area contributed by atoms with Gasteiger partial charge in [0, 0.05) is 18.0 Å². The fraction of sp³-hybridized carbons (Fsp3) is 0.353. The predicted octanol–water partition coefficient (Wildman–Crippen LogP) is 3.27. The second-order valence-electron chi connectivity index (χ2n) is 5.70. The summed E-state index contributed by atoms with van der Waals surface area (Å²) in [4.78, 5) is 15.5. The number of carbonyl (C=O) groups excluding carboxylic acids is 1. The van der Waals surface area contributed by atoms with Crippen LogP contribution in [0.4, 0.5) is 0 Å². The minimum atomic E-state index is -0.236. The van der Waals surface area contributed by atoms with Crippen molar-refractivity contribution in [1.29, 1.82) is 0 Å². The second kappa shape index (κ2) is 7.42. The number of ether oxygens (including phenoxy) is 2. The average Bonchev–Trinajstić information content (AvgIpc) is 3.19. The second-order valence-corrected chi connectivity index (χ2v) is 7.50. The van der Waals surface area contributed by atoms with Gasteiger partial charge >= 0.3 is 0 Å². The van der Waals surface area contributed by atoms with Crippen LogP contribution in [-0.4, -0.2) is 30.7 Å². The molecule has 2 aromatic rings. The molecule has 1 amide bonds. The molecule has 1 aliphatic rings. The predicted molar refractivity (Wildman–Crippen MR) is 94.7 cm³/mol. The Labute approximate surface area is 150 Å². The number of fused-ring (bicyclic) bond motifs is 1. The van der Waals surface area contributed by atoms with E-state index in [1.807, 2.05) is 49.2 Å².